The molecule has 1 amide bonds. The highest BCUT2D eigenvalue weighted by Crippen LogP contribution is 2.24. The zero-order valence-electron chi connectivity index (χ0n) is 9.34. The molecule has 0 fully saturated rings. The number of aromatic nitrogens is 4. The predicted molar refractivity (Wildman–Crippen MR) is 71.2 cm³/mol. The zero-order chi connectivity index (χ0) is 13.1. The van der Waals surface area contributed by atoms with Crippen molar-refractivity contribution in [2.45, 2.75) is 11.8 Å². The minimum absolute atomic E-state index is 0.175. The monoisotopic (exact) mass is 329 g/mol. The Labute approximate surface area is 116 Å². The van der Waals surface area contributed by atoms with E-state index < -0.39 is 0 Å². The van der Waals surface area contributed by atoms with Gasteiger partial charge in [-0.1, -0.05) is 27.5 Å². The number of nitrogens with zero attached hydrogens (tertiary/aromatic N) is 4. The van der Waals surface area contributed by atoms with Crippen molar-refractivity contribution in [3.63, 3.8) is 0 Å². The molecule has 1 N–H and O–H groups in total. The van der Waals surface area contributed by atoms with Gasteiger partial charge >= 0.3 is 0 Å². The zero-order valence-corrected chi connectivity index (χ0v) is 11.7. The molecule has 0 aliphatic heterocycles. The number of amides is 1. The molecule has 2 aromatic rings. The summed E-state index contributed by atoms with van der Waals surface area (Å²) < 4.78 is 1.48. The first-order valence-corrected chi connectivity index (χ1v) is 6.35. The standard InChI is InChI=1S/C10H9BrClN5O/c1-6(11)10(18)14-9-4-7(2-3-8(9)12)17-5-13-15-16-17/h2-6H,1H3,(H,14,18). The first-order chi connectivity index (χ1) is 8.58. The Hall–Kier alpha value is -1.47. The van der Waals surface area contributed by atoms with E-state index >= 15 is 0 Å². The van der Waals surface area contributed by atoms with Crippen molar-refractivity contribution in [1.82, 2.24) is 20.2 Å². The SMILES string of the molecule is CC(Br)C(=O)Nc1cc(-n2cnnn2)ccc1Cl. The third-order valence-corrected chi connectivity index (χ3v) is 2.93. The van der Waals surface area contributed by atoms with Crippen LogP contribution in [0, 0.1) is 0 Å². The number of carbonyl (C=O) groups excluding carboxylic acids is 1. The molecule has 0 spiro atoms. The first kappa shape index (κ1) is 13.0. The molecule has 0 bridgehead atoms. The quantitative estimate of drug-likeness (QED) is 0.874. The van der Waals surface area contributed by atoms with Crippen LogP contribution in [0.25, 0.3) is 5.69 Å². The first-order valence-electron chi connectivity index (χ1n) is 5.06. The minimum Gasteiger partial charge on any atom is -0.324 e. The smallest absolute Gasteiger partial charge is 0.237 e. The second-order valence-corrected chi connectivity index (χ2v) is 5.30. The Bertz CT molecular complexity index is 557. The van der Waals surface area contributed by atoms with E-state index in [0.717, 1.165) is 0 Å². The highest BCUT2D eigenvalue weighted by atomic mass is 79.9. The molecule has 18 heavy (non-hydrogen) atoms. The summed E-state index contributed by atoms with van der Waals surface area (Å²) in [5.41, 5.74) is 1.22. The molecule has 0 saturated heterocycles. The van der Waals surface area contributed by atoms with Crippen LogP contribution in [0.5, 0.6) is 0 Å². The number of alkyl halides is 1. The average Bonchev–Trinajstić information content (AvgIpc) is 2.85. The maximum atomic E-state index is 11.6. The number of halogens is 2. The van der Waals surface area contributed by atoms with Gasteiger partial charge < -0.3 is 5.32 Å². The molecule has 1 unspecified atom stereocenters. The van der Waals surface area contributed by atoms with Gasteiger partial charge in [-0.15, -0.1) is 5.10 Å². The van der Waals surface area contributed by atoms with Crippen LogP contribution in [0.2, 0.25) is 5.02 Å². The van der Waals surface area contributed by atoms with Crippen molar-refractivity contribution in [2.75, 3.05) is 5.32 Å². The van der Waals surface area contributed by atoms with Crippen LogP contribution in [0.4, 0.5) is 5.69 Å². The summed E-state index contributed by atoms with van der Waals surface area (Å²) in [4.78, 5) is 11.3. The van der Waals surface area contributed by atoms with E-state index in [-0.39, 0.29) is 10.7 Å². The van der Waals surface area contributed by atoms with Crippen LogP contribution >= 0.6 is 27.5 Å². The third kappa shape index (κ3) is 2.85. The van der Waals surface area contributed by atoms with E-state index in [1.807, 2.05) is 0 Å². The fraction of sp³-hybridized carbons (Fsp3) is 0.200. The molecular formula is C10H9BrClN5O. The molecule has 1 aromatic carbocycles. The number of carbonyl (C=O) groups is 1. The van der Waals surface area contributed by atoms with E-state index in [1.165, 1.54) is 11.0 Å². The molecule has 2 rings (SSSR count). The van der Waals surface area contributed by atoms with Gasteiger partial charge in [-0.3, -0.25) is 4.79 Å². The van der Waals surface area contributed by atoms with E-state index in [4.69, 9.17) is 11.6 Å². The van der Waals surface area contributed by atoms with Gasteiger partial charge in [0.1, 0.15) is 6.33 Å². The lowest BCUT2D eigenvalue weighted by atomic mass is 10.2. The normalized spacial score (nSPS) is 12.2. The summed E-state index contributed by atoms with van der Waals surface area (Å²) in [5, 5.41) is 14.0. The Morgan fingerprint density at radius 3 is 2.94 bits per heavy atom. The largest absolute Gasteiger partial charge is 0.324 e. The molecule has 0 radical (unpaired) electrons. The minimum atomic E-state index is -0.301. The summed E-state index contributed by atoms with van der Waals surface area (Å²) in [6.07, 6.45) is 1.46. The summed E-state index contributed by atoms with van der Waals surface area (Å²) in [6, 6.07) is 5.13. The number of rotatable bonds is 3. The van der Waals surface area contributed by atoms with Crippen molar-refractivity contribution in [3.05, 3.63) is 29.5 Å². The number of benzene rings is 1. The van der Waals surface area contributed by atoms with Crippen molar-refractivity contribution in [3.8, 4) is 5.69 Å². The van der Waals surface area contributed by atoms with Crippen LogP contribution < -0.4 is 5.32 Å². The lowest BCUT2D eigenvalue weighted by Crippen LogP contribution is -2.20. The van der Waals surface area contributed by atoms with Crippen molar-refractivity contribution in [2.24, 2.45) is 0 Å². The Kier molecular flexibility index (Phi) is 3.93. The van der Waals surface area contributed by atoms with E-state index in [9.17, 15) is 4.79 Å². The van der Waals surface area contributed by atoms with E-state index in [1.54, 1.807) is 25.1 Å². The molecule has 94 valence electrons. The van der Waals surface area contributed by atoms with Crippen LogP contribution in [-0.4, -0.2) is 30.9 Å². The Morgan fingerprint density at radius 1 is 1.56 bits per heavy atom. The van der Waals surface area contributed by atoms with Gasteiger partial charge in [0.05, 0.1) is 21.2 Å². The van der Waals surface area contributed by atoms with Crippen molar-refractivity contribution < 1.29 is 4.79 Å². The summed E-state index contributed by atoms with van der Waals surface area (Å²) in [6.45, 7) is 1.73. The highest BCUT2D eigenvalue weighted by molar-refractivity contribution is 9.10. The molecule has 0 aliphatic carbocycles. The predicted octanol–water partition coefficient (Wildman–Crippen LogP) is 2.04. The highest BCUT2D eigenvalue weighted by Gasteiger charge is 2.12. The van der Waals surface area contributed by atoms with Crippen LogP contribution in [0.15, 0.2) is 24.5 Å². The maximum absolute atomic E-state index is 11.6. The Balaban J connectivity index is 2.30. The number of anilines is 1. The van der Waals surface area contributed by atoms with E-state index in [0.29, 0.717) is 16.4 Å². The summed E-state index contributed by atoms with van der Waals surface area (Å²) in [7, 11) is 0. The summed E-state index contributed by atoms with van der Waals surface area (Å²) in [5.74, 6) is -0.175. The molecule has 8 heteroatoms. The van der Waals surface area contributed by atoms with Crippen molar-refractivity contribution >= 4 is 39.1 Å². The lowest BCUT2D eigenvalue weighted by molar-refractivity contribution is -0.115. The molecule has 0 saturated carbocycles. The van der Waals surface area contributed by atoms with Gasteiger partial charge in [-0.05, 0) is 35.5 Å². The topological polar surface area (TPSA) is 72.7 Å². The number of tetrazole rings is 1. The molecule has 1 atom stereocenters. The fourth-order valence-electron chi connectivity index (χ4n) is 1.26. The number of nitrogens with one attached hydrogen (secondary N) is 1. The molecule has 1 aromatic heterocycles. The third-order valence-electron chi connectivity index (χ3n) is 2.18. The van der Waals surface area contributed by atoms with Gasteiger partial charge in [0.2, 0.25) is 5.91 Å². The van der Waals surface area contributed by atoms with Crippen LogP contribution in [0.1, 0.15) is 6.92 Å². The number of hydrogen-bond donors (Lipinski definition) is 1. The second-order valence-electron chi connectivity index (χ2n) is 3.52. The van der Waals surface area contributed by atoms with Gasteiger partial charge in [-0.2, -0.15) is 0 Å². The molecule has 1 heterocycles. The summed E-state index contributed by atoms with van der Waals surface area (Å²) >= 11 is 9.20. The Morgan fingerprint density at radius 2 is 2.33 bits per heavy atom. The van der Waals surface area contributed by atoms with Gasteiger partial charge in [0.25, 0.3) is 0 Å². The molecular weight excluding hydrogens is 322 g/mol. The number of hydrogen-bond acceptors (Lipinski definition) is 4. The van der Waals surface area contributed by atoms with Crippen molar-refractivity contribution in [1.29, 1.82) is 0 Å². The van der Waals surface area contributed by atoms with Crippen LogP contribution in [-0.2, 0) is 4.79 Å². The maximum Gasteiger partial charge on any atom is 0.237 e. The molecule has 6 nitrogen and oxygen atoms in total. The fourth-order valence-corrected chi connectivity index (χ4v) is 1.54. The van der Waals surface area contributed by atoms with Gasteiger partial charge in [0.15, 0.2) is 0 Å². The average molecular weight is 331 g/mol. The van der Waals surface area contributed by atoms with Crippen LogP contribution in [0.3, 0.4) is 0 Å². The van der Waals surface area contributed by atoms with Gasteiger partial charge in [-0.25, -0.2) is 4.68 Å². The lowest BCUT2D eigenvalue weighted by Gasteiger charge is -2.10. The second kappa shape index (κ2) is 5.45. The molecule has 0 aliphatic rings. The van der Waals surface area contributed by atoms with Gasteiger partial charge in [0, 0.05) is 0 Å². The van der Waals surface area contributed by atoms with E-state index in [2.05, 4.69) is 36.8 Å².